The summed E-state index contributed by atoms with van der Waals surface area (Å²) in [7, 11) is 0. The van der Waals surface area contributed by atoms with Crippen molar-refractivity contribution in [3.63, 3.8) is 0 Å². The number of hydrogen-bond donors (Lipinski definition) is 1. The maximum atomic E-state index is 12.0. The van der Waals surface area contributed by atoms with E-state index in [1.54, 1.807) is 0 Å². The third-order valence-electron chi connectivity index (χ3n) is 4.28. The highest BCUT2D eigenvalue weighted by Crippen LogP contribution is 2.40. The summed E-state index contributed by atoms with van der Waals surface area (Å²) in [6.45, 7) is 1.44. The minimum atomic E-state index is -0.318. The second kappa shape index (κ2) is 5.55. The van der Waals surface area contributed by atoms with E-state index in [4.69, 9.17) is 14.3 Å². The number of amides is 1. The van der Waals surface area contributed by atoms with Crippen LogP contribution >= 0.6 is 0 Å². The quantitative estimate of drug-likeness (QED) is 0.774. The molecule has 0 aromatic carbocycles. The molecule has 0 aromatic rings. The van der Waals surface area contributed by atoms with Gasteiger partial charge in [-0.3, -0.25) is 4.79 Å². The maximum absolute atomic E-state index is 12.0. The number of carbonyl (C=O) groups is 1. The van der Waals surface area contributed by atoms with Gasteiger partial charge in [-0.15, -0.1) is 0 Å². The van der Waals surface area contributed by atoms with Gasteiger partial charge in [0.1, 0.15) is 6.10 Å². The summed E-state index contributed by atoms with van der Waals surface area (Å²) >= 11 is 0. The molecule has 18 heavy (non-hydrogen) atoms. The summed E-state index contributed by atoms with van der Waals surface area (Å²) in [4.78, 5) is 17.3. The zero-order valence-electron chi connectivity index (χ0n) is 10.6. The minimum absolute atomic E-state index is 0.140. The van der Waals surface area contributed by atoms with E-state index < -0.39 is 0 Å². The SMILES string of the molecule is O=C(NOC1CCCCO1)[C@@H]1OC[C@@H]2CCC[C@@H]21. The Labute approximate surface area is 107 Å². The lowest BCUT2D eigenvalue weighted by atomic mass is 9.94. The molecule has 1 aliphatic carbocycles. The lowest BCUT2D eigenvalue weighted by Gasteiger charge is -2.23. The van der Waals surface area contributed by atoms with Crippen LogP contribution < -0.4 is 5.48 Å². The van der Waals surface area contributed by atoms with Gasteiger partial charge in [0.15, 0.2) is 6.29 Å². The summed E-state index contributed by atoms with van der Waals surface area (Å²) in [6.07, 6.45) is 5.91. The summed E-state index contributed by atoms with van der Waals surface area (Å²) in [5.41, 5.74) is 2.52. The van der Waals surface area contributed by atoms with Crippen molar-refractivity contribution >= 4 is 5.91 Å². The van der Waals surface area contributed by atoms with Gasteiger partial charge in [0.25, 0.3) is 5.91 Å². The van der Waals surface area contributed by atoms with Crippen molar-refractivity contribution in [2.45, 2.75) is 50.9 Å². The molecular weight excluding hydrogens is 234 g/mol. The zero-order valence-corrected chi connectivity index (χ0v) is 10.6. The average molecular weight is 255 g/mol. The molecule has 5 heteroatoms. The van der Waals surface area contributed by atoms with Gasteiger partial charge < -0.3 is 9.47 Å². The second-order valence-corrected chi connectivity index (χ2v) is 5.49. The molecule has 2 saturated heterocycles. The van der Waals surface area contributed by atoms with Gasteiger partial charge >= 0.3 is 0 Å². The van der Waals surface area contributed by atoms with Crippen molar-refractivity contribution in [3.8, 4) is 0 Å². The molecule has 102 valence electrons. The van der Waals surface area contributed by atoms with Crippen LogP contribution in [0.3, 0.4) is 0 Å². The first-order valence-electron chi connectivity index (χ1n) is 7.03. The fourth-order valence-electron chi connectivity index (χ4n) is 3.28. The highest BCUT2D eigenvalue weighted by Gasteiger charge is 2.44. The van der Waals surface area contributed by atoms with E-state index in [2.05, 4.69) is 5.48 Å². The van der Waals surface area contributed by atoms with Crippen molar-refractivity contribution in [1.29, 1.82) is 0 Å². The predicted octanol–water partition coefficient (Wildman–Crippen LogP) is 1.38. The highest BCUT2D eigenvalue weighted by atomic mass is 16.8. The third-order valence-corrected chi connectivity index (χ3v) is 4.28. The van der Waals surface area contributed by atoms with E-state index in [-0.39, 0.29) is 18.3 Å². The summed E-state index contributed by atoms with van der Waals surface area (Å²) in [5.74, 6) is 0.825. The Hall–Kier alpha value is -0.650. The molecule has 0 radical (unpaired) electrons. The largest absolute Gasteiger partial charge is 0.368 e. The number of nitrogens with one attached hydrogen (secondary N) is 1. The van der Waals surface area contributed by atoms with Gasteiger partial charge in [-0.05, 0) is 37.5 Å². The predicted molar refractivity (Wildman–Crippen MR) is 63.4 cm³/mol. The summed E-state index contributed by atoms with van der Waals surface area (Å²) in [6, 6.07) is 0. The molecule has 2 aliphatic heterocycles. The molecule has 0 aromatic heterocycles. The first-order chi connectivity index (χ1) is 8.84. The summed E-state index contributed by atoms with van der Waals surface area (Å²) in [5, 5.41) is 0. The fourth-order valence-corrected chi connectivity index (χ4v) is 3.28. The molecule has 1 N–H and O–H groups in total. The second-order valence-electron chi connectivity index (χ2n) is 5.49. The van der Waals surface area contributed by atoms with Crippen LogP contribution in [0.1, 0.15) is 38.5 Å². The molecule has 2 heterocycles. The lowest BCUT2D eigenvalue weighted by molar-refractivity contribution is -0.204. The van der Waals surface area contributed by atoms with Crippen LogP contribution in [0.4, 0.5) is 0 Å². The molecule has 3 fully saturated rings. The van der Waals surface area contributed by atoms with Gasteiger partial charge in [0, 0.05) is 13.0 Å². The van der Waals surface area contributed by atoms with E-state index in [1.807, 2.05) is 0 Å². The molecule has 1 unspecified atom stereocenters. The van der Waals surface area contributed by atoms with Gasteiger partial charge in [-0.2, -0.15) is 0 Å². The van der Waals surface area contributed by atoms with E-state index in [1.165, 1.54) is 12.8 Å². The Bertz CT molecular complexity index is 303. The number of rotatable bonds is 3. The van der Waals surface area contributed by atoms with E-state index in [9.17, 15) is 4.79 Å². The van der Waals surface area contributed by atoms with Crippen molar-refractivity contribution < 1.29 is 19.1 Å². The number of hydrogen-bond acceptors (Lipinski definition) is 4. The van der Waals surface area contributed by atoms with Crippen LogP contribution in [0.15, 0.2) is 0 Å². The Morgan fingerprint density at radius 1 is 1.11 bits per heavy atom. The molecule has 5 nitrogen and oxygen atoms in total. The van der Waals surface area contributed by atoms with Gasteiger partial charge in [0.05, 0.1) is 6.61 Å². The molecule has 0 bridgehead atoms. The van der Waals surface area contributed by atoms with Crippen LogP contribution in [0.5, 0.6) is 0 Å². The Morgan fingerprint density at radius 2 is 2.06 bits per heavy atom. The average Bonchev–Trinajstić information content (AvgIpc) is 2.99. The topological polar surface area (TPSA) is 56.8 Å². The number of fused-ring (bicyclic) bond motifs is 1. The minimum Gasteiger partial charge on any atom is -0.368 e. The van der Waals surface area contributed by atoms with Crippen molar-refractivity contribution in [3.05, 3.63) is 0 Å². The standard InChI is InChI=1S/C13H21NO4/c15-13(14-18-11-6-1-2-7-16-11)12-10-5-3-4-9(10)8-17-12/h9-12H,1-8H2,(H,14,15)/t9-,10-,11?,12+/m0/s1. The number of carbonyl (C=O) groups excluding carboxylic acids is 1. The van der Waals surface area contributed by atoms with Crippen LogP contribution in [0.25, 0.3) is 0 Å². The number of ether oxygens (including phenoxy) is 2. The Kier molecular flexibility index (Phi) is 3.82. The third kappa shape index (κ3) is 2.53. The van der Waals surface area contributed by atoms with Crippen LogP contribution in [-0.2, 0) is 19.1 Å². The van der Waals surface area contributed by atoms with E-state index in [0.717, 1.165) is 32.3 Å². The van der Waals surface area contributed by atoms with Crippen molar-refractivity contribution in [2.75, 3.05) is 13.2 Å². The number of hydroxylamine groups is 1. The van der Waals surface area contributed by atoms with Crippen LogP contribution in [-0.4, -0.2) is 31.5 Å². The lowest BCUT2D eigenvalue weighted by Crippen LogP contribution is -2.41. The Balaban J connectivity index is 1.46. The Morgan fingerprint density at radius 3 is 2.89 bits per heavy atom. The van der Waals surface area contributed by atoms with Gasteiger partial charge in [0.2, 0.25) is 0 Å². The van der Waals surface area contributed by atoms with Crippen molar-refractivity contribution in [1.82, 2.24) is 5.48 Å². The maximum Gasteiger partial charge on any atom is 0.273 e. The van der Waals surface area contributed by atoms with E-state index >= 15 is 0 Å². The molecule has 3 rings (SSSR count). The first kappa shape index (κ1) is 12.4. The smallest absolute Gasteiger partial charge is 0.273 e. The molecule has 4 atom stereocenters. The monoisotopic (exact) mass is 255 g/mol. The first-order valence-corrected chi connectivity index (χ1v) is 7.03. The molecule has 1 saturated carbocycles. The zero-order chi connectivity index (χ0) is 12.4. The summed E-state index contributed by atoms with van der Waals surface area (Å²) < 4.78 is 11.0. The molecule has 0 spiro atoms. The van der Waals surface area contributed by atoms with Crippen LogP contribution in [0.2, 0.25) is 0 Å². The molecule has 1 amide bonds. The van der Waals surface area contributed by atoms with Gasteiger partial charge in [-0.25, -0.2) is 10.3 Å². The van der Waals surface area contributed by atoms with Gasteiger partial charge in [-0.1, -0.05) is 6.42 Å². The van der Waals surface area contributed by atoms with Crippen LogP contribution in [0, 0.1) is 11.8 Å². The highest BCUT2D eigenvalue weighted by molar-refractivity contribution is 5.80. The van der Waals surface area contributed by atoms with E-state index in [0.29, 0.717) is 18.4 Å². The molecule has 3 aliphatic rings. The fraction of sp³-hybridized carbons (Fsp3) is 0.923. The normalized spacial score (nSPS) is 39.6. The molecular formula is C13H21NO4. The van der Waals surface area contributed by atoms with Crippen molar-refractivity contribution in [2.24, 2.45) is 11.8 Å².